The summed E-state index contributed by atoms with van der Waals surface area (Å²) in [4.78, 5) is 15.1. The number of hydrogen-bond acceptors (Lipinski definition) is 1. The summed E-state index contributed by atoms with van der Waals surface area (Å²) in [5.74, 6) is 2.28. The zero-order valence-corrected chi connectivity index (χ0v) is 12.7. The van der Waals surface area contributed by atoms with Gasteiger partial charge in [0.1, 0.15) is 0 Å². The van der Waals surface area contributed by atoms with Gasteiger partial charge in [0, 0.05) is 23.9 Å². The first-order chi connectivity index (χ1) is 9.16. The normalized spacial score (nSPS) is 29.6. The highest BCUT2D eigenvalue weighted by molar-refractivity contribution is 6.20. The Kier molecular flexibility index (Phi) is 4.07. The monoisotopic (exact) mass is 283 g/mol. The minimum Gasteiger partial charge on any atom is -0.339 e. The predicted octanol–water partition coefficient (Wildman–Crippen LogP) is 3.82. The van der Waals surface area contributed by atoms with Crippen molar-refractivity contribution in [2.24, 2.45) is 17.8 Å². The Morgan fingerprint density at radius 3 is 2.32 bits per heavy atom. The Hall–Kier alpha value is -0.240. The number of likely N-dealkylation sites (tertiary alicyclic amines) is 1. The summed E-state index contributed by atoms with van der Waals surface area (Å²) in [6.45, 7) is 3.03. The molecule has 19 heavy (non-hydrogen) atoms. The van der Waals surface area contributed by atoms with Gasteiger partial charge in [-0.25, -0.2) is 0 Å². The molecule has 1 aliphatic heterocycles. The van der Waals surface area contributed by atoms with Crippen molar-refractivity contribution in [1.82, 2.24) is 4.90 Å². The second-order valence-electron chi connectivity index (χ2n) is 6.90. The van der Waals surface area contributed by atoms with Gasteiger partial charge in [0.2, 0.25) is 5.91 Å². The number of rotatable bonds is 5. The molecule has 0 aromatic rings. The quantitative estimate of drug-likeness (QED) is 0.703. The average Bonchev–Trinajstić information content (AvgIpc) is 3.24. The molecule has 2 atom stereocenters. The van der Waals surface area contributed by atoms with Gasteiger partial charge < -0.3 is 4.90 Å². The van der Waals surface area contributed by atoms with E-state index in [1.807, 2.05) is 0 Å². The molecule has 1 saturated heterocycles. The SMILES string of the molecule is CC(Cl)CC1CCCCN1C(=O)C(C1CC1)C1CC1. The standard InChI is InChI=1S/C16H26ClNO/c1-11(17)10-14-4-2-3-9-18(14)16(19)15(12-5-6-12)13-7-8-13/h11-15H,2-10H2,1H3. The Labute approximate surface area is 121 Å². The van der Waals surface area contributed by atoms with Gasteiger partial charge in [-0.1, -0.05) is 0 Å². The third-order valence-electron chi connectivity index (χ3n) is 5.05. The molecule has 2 unspecified atom stereocenters. The Bertz CT molecular complexity index is 324. The molecular weight excluding hydrogens is 258 g/mol. The van der Waals surface area contributed by atoms with E-state index >= 15 is 0 Å². The third kappa shape index (κ3) is 3.26. The van der Waals surface area contributed by atoms with E-state index in [0.717, 1.165) is 31.2 Å². The number of nitrogens with zero attached hydrogens (tertiary/aromatic N) is 1. The summed E-state index contributed by atoms with van der Waals surface area (Å²) in [6.07, 6.45) is 9.72. The van der Waals surface area contributed by atoms with E-state index in [1.165, 1.54) is 38.5 Å². The van der Waals surface area contributed by atoms with Gasteiger partial charge in [0.15, 0.2) is 0 Å². The van der Waals surface area contributed by atoms with Crippen LogP contribution in [-0.4, -0.2) is 28.8 Å². The van der Waals surface area contributed by atoms with Gasteiger partial charge >= 0.3 is 0 Å². The lowest BCUT2D eigenvalue weighted by molar-refractivity contribution is -0.141. The molecule has 1 heterocycles. The van der Waals surface area contributed by atoms with Crippen molar-refractivity contribution in [3.8, 4) is 0 Å². The molecule has 0 radical (unpaired) electrons. The smallest absolute Gasteiger partial charge is 0.226 e. The summed E-state index contributed by atoms with van der Waals surface area (Å²) in [5.41, 5.74) is 0. The second-order valence-corrected chi connectivity index (χ2v) is 7.64. The van der Waals surface area contributed by atoms with Gasteiger partial charge in [-0.2, -0.15) is 0 Å². The van der Waals surface area contributed by atoms with Crippen molar-refractivity contribution in [1.29, 1.82) is 0 Å². The lowest BCUT2D eigenvalue weighted by atomic mass is 9.91. The zero-order chi connectivity index (χ0) is 13.4. The van der Waals surface area contributed by atoms with E-state index in [4.69, 9.17) is 11.6 Å². The maximum atomic E-state index is 12.9. The van der Waals surface area contributed by atoms with Crippen LogP contribution in [0.5, 0.6) is 0 Å². The topological polar surface area (TPSA) is 20.3 Å². The molecule has 0 aromatic heterocycles. The van der Waals surface area contributed by atoms with Crippen LogP contribution in [0.1, 0.15) is 58.3 Å². The maximum Gasteiger partial charge on any atom is 0.226 e. The largest absolute Gasteiger partial charge is 0.339 e. The molecule has 0 bridgehead atoms. The molecule has 0 N–H and O–H groups in total. The van der Waals surface area contributed by atoms with Crippen molar-refractivity contribution in [3.63, 3.8) is 0 Å². The molecule has 3 rings (SSSR count). The van der Waals surface area contributed by atoms with Gasteiger partial charge in [-0.15, -0.1) is 11.6 Å². The maximum absolute atomic E-state index is 12.9. The highest BCUT2D eigenvalue weighted by atomic mass is 35.5. The molecule has 0 spiro atoms. The molecule has 2 nitrogen and oxygen atoms in total. The van der Waals surface area contributed by atoms with Crippen molar-refractivity contribution in [2.45, 2.75) is 69.7 Å². The van der Waals surface area contributed by atoms with E-state index < -0.39 is 0 Å². The van der Waals surface area contributed by atoms with Crippen LogP contribution in [0, 0.1) is 17.8 Å². The van der Waals surface area contributed by atoms with Gasteiger partial charge in [0.05, 0.1) is 0 Å². The lowest BCUT2D eigenvalue weighted by Crippen LogP contribution is -2.48. The molecule has 2 aliphatic carbocycles. The lowest BCUT2D eigenvalue weighted by Gasteiger charge is -2.38. The fourth-order valence-corrected chi connectivity index (χ4v) is 4.01. The van der Waals surface area contributed by atoms with E-state index in [2.05, 4.69) is 11.8 Å². The van der Waals surface area contributed by atoms with E-state index in [1.54, 1.807) is 0 Å². The molecule has 108 valence electrons. The minimum absolute atomic E-state index is 0.179. The summed E-state index contributed by atoms with van der Waals surface area (Å²) < 4.78 is 0. The Morgan fingerprint density at radius 1 is 1.16 bits per heavy atom. The molecule has 1 amide bonds. The first kappa shape index (κ1) is 13.7. The Balaban J connectivity index is 1.68. The fourth-order valence-electron chi connectivity index (χ4n) is 3.80. The molecular formula is C16H26ClNO. The van der Waals surface area contributed by atoms with Crippen molar-refractivity contribution < 1.29 is 4.79 Å². The minimum atomic E-state index is 0.179. The van der Waals surface area contributed by atoms with Crippen LogP contribution in [-0.2, 0) is 4.79 Å². The Morgan fingerprint density at radius 2 is 1.79 bits per heavy atom. The third-order valence-corrected chi connectivity index (χ3v) is 5.23. The van der Waals surface area contributed by atoms with Crippen LogP contribution in [0.3, 0.4) is 0 Å². The predicted molar refractivity (Wildman–Crippen MR) is 78.2 cm³/mol. The first-order valence-corrected chi connectivity index (χ1v) is 8.55. The highest BCUT2D eigenvalue weighted by Gasteiger charge is 2.47. The van der Waals surface area contributed by atoms with Crippen molar-refractivity contribution in [2.75, 3.05) is 6.54 Å². The van der Waals surface area contributed by atoms with Crippen LogP contribution in [0.4, 0.5) is 0 Å². The first-order valence-electron chi connectivity index (χ1n) is 8.11. The number of carbonyl (C=O) groups is 1. The van der Waals surface area contributed by atoms with E-state index in [-0.39, 0.29) is 5.38 Å². The van der Waals surface area contributed by atoms with Crippen molar-refractivity contribution >= 4 is 17.5 Å². The number of hydrogen-bond donors (Lipinski definition) is 0. The summed E-state index contributed by atoms with van der Waals surface area (Å²) >= 11 is 6.17. The molecule has 3 fully saturated rings. The van der Waals surface area contributed by atoms with Crippen LogP contribution >= 0.6 is 11.6 Å². The molecule has 3 aliphatic rings. The number of carbonyl (C=O) groups excluding carboxylic acids is 1. The number of alkyl halides is 1. The number of amides is 1. The fraction of sp³-hybridized carbons (Fsp3) is 0.938. The van der Waals surface area contributed by atoms with Crippen LogP contribution in [0.2, 0.25) is 0 Å². The highest BCUT2D eigenvalue weighted by Crippen LogP contribution is 2.50. The summed E-state index contributed by atoms with van der Waals surface area (Å²) in [5, 5.41) is 0.179. The van der Waals surface area contributed by atoms with Gasteiger partial charge in [0.25, 0.3) is 0 Å². The summed E-state index contributed by atoms with van der Waals surface area (Å²) in [7, 11) is 0. The second kappa shape index (κ2) is 5.63. The average molecular weight is 284 g/mol. The van der Waals surface area contributed by atoms with Gasteiger partial charge in [-0.3, -0.25) is 4.79 Å². The van der Waals surface area contributed by atoms with Crippen LogP contribution in [0.15, 0.2) is 0 Å². The molecule has 2 saturated carbocycles. The van der Waals surface area contributed by atoms with E-state index in [9.17, 15) is 4.79 Å². The van der Waals surface area contributed by atoms with Crippen molar-refractivity contribution in [3.05, 3.63) is 0 Å². The number of piperidine rings is 1. The molecule has 3 heteroatoms. The summed E-state index contributed by atoms with van der Waals surface area (Å²) in [6, 6.07) is 0.411. The number of halogens is 1. The van der Waals surface area contributed by atoms with Crippen LogP contribution in [0.25, 0.3) is 0 Å². The molecule has 0 aromatic carbocycles. The van der Waals surface area contributed by atoms with Gasteiger partial charge in [-0.05, 0) is 70.1 Å². The van der Waals surface area contributed by atoms with E-state index in [0.29, 0.717) is 17.9 Å². The van der Waals surface area contributed by atoms with Crippen LogP contribution < -0.4 is 0 Å². The zero-order valence-electron chi connectivity index (χ0n) is 12.0.